The van der Waals surface area contributed by atoms with E-state index in [-0.39, 0.29) is 13.4 Å². The molecule has 0 saturated carbocycles. The van der Waals surface area contributed by atoms with E-state index in [2.05, 4.69) is 10.3 Å². The fourth-order valence-corrected chi connectivity index (χ4v) is 3.80. The molecule has 2 aromatic rings. The first-order chi connectivity index (χ1) is 14.5. The number of halogens is 1. The van der Waals surface area contributed by atoms with Crippen LogP contribution in [-0.4, -0.2) is 31.1 Å². The molecular formula is C22H21ClN2O5. The van der Waals surface area contributed by atoms with Crippen LogP contribution in [0.4, 0.5) is 4.79 Å². The van der Waals surface area contributed by atoms with Crippen LogP contribution >= 0.6 is 11.6 Å². The number of benzene rings is 2. The van der Waals surface area contributed by atoms with Gasteiger partial charge in [0.1, 0.15) is 5.92 Å². The first kappa shape index (κ1) is 20.2. The molecule has 2 aliphatic rings. The molecule has 0 aromatic heterocycles. The molecule has 2 unspecified atom stereocenters. The van der Waals surface area contributed by atoms with Crippen molar-refractivity contribution in [3.63, 3.8) is 0 Å². The van der Waals surface area contributed by atoms with Crippen molar-refractivity contribution in [3.8, 4) is 11.5 Å². The van der Waals surface area contributed by atoms with Crippen molar-refractivity contribution >= 4 is 29.3 Å². The van der Waals surface area contributed by atoms with Crippen molar-refractivity contribution in [1.29, 1.82) is 0 Å². The zero-order valence-electron chi connectivity index (χ0n) is 16.4. The number of carbonyl (C=O) groups is 2. The maximum Gasteiger partial charge on any atom is 0.341 e. The molecule has 0 bridgehead atoms. The Bertz CT molecular complexity index is 990. The van der Waals surface area contributed by atoms with Crippen molar-refractivity contribution in [1.82, 2.24) is 5.32 Å². The zero-order valence-corrected chi connectivity index (χ0v) is 17.1. The number of urea groups is 1. The summed E-state index contributed by atoms with van der Waals surface area (Å²) in [6, 6.07) is 11.7. The van der Waals surface area contributed by atoms with Gasteiger partial charge in [-0.15, -0.1) is 0 Å². The average Bonchev–Trinajstić information content (AvgIpc) is 3.20. The summed E-state index contributed by atoms with van der Waals surface area (Å²) in [6.07, 6.45) is 1.02. The second-order valence-corrected chi connectivity index (χ2v) is 7.44. The standard InChI is InChI=1S/C22H21ClN2O5/c1-2-28-21(26)19-16(9-3-13-4-10-17-18(11-13)30-12-29-17)24-22(27)25-20(19)14-5-7-15(23)8-6-14/h4-8,10-11,19-20H,2-3,9,12H2,1H3,(H,25,27). The predicted molar refractivity (Wildman–Crippen MR) is 111 cm³/mol. The van der Waals surface area contributed by atoms with Gasteiger partial charge in [-0.3, -0.25) is 4.79 Å². The highest BCUT2D eigenvalue weighted by Crippen LogP contribution is 2.34. The smallest absolute Gasteiger partial charge is 0.341 e. The number of hydrogen-bond donors (Lipinski definition) is 1. The Morgan fingerprint density at radius 1 is 1.17 bits per heavy atom. The van der Waals surface area contributed by atoms with Crippen LogP contribution in [0.25, 0.3) is 0 Å². The Morgan fingerprint density at radius 3 is 2.70 bits per heavy atom. The maximum atomic E-state index is 12.8. The summed E-state index contributed by atoms with van der Waals surface area (Å²) < 4.78 is 16.1. The topological polar surface area (TPSA) is 86.2 Å². The van der Waals surface area contributed by atoms with Crippen molar-refractivity contribution in [3.05, 3.63) is 58.6 Å². The first-order valence-corrected chi connectivity index (χ1v) is 10.1. The Kier molecular flexibility index (Phi) is 5.90. The number of carbonyl (C=O) groups excluding carboxylic acids is 2. The van der Waals surface area contributed by atoms with Crippen LogP contribution in [0.2, 0.25) is 5.02 Å². The Balaban J connectivity index is 1.59. The summed E-state index contributed by atoms with van der Waals surface area (Å²) in [5.41, 5.74) is 2.26. The molecule has 0 spiro atoms. The minimum atomic E-state index is -0.710. The number of ether oxygens (including phenoxy) is 3. The molecule has 0 radical (unpaired) electrons. The Labute approximate surface area is 179 Å². The lowest BCUT2D eigenvalue weighted by Gasteiger charge is -2.31. The van der Waals surface area contributed by atoms with Gasteiger partial charge in [-0.25, -0.2) is 9.79 Å². The molecule has 1 N–H and O–H groups in total. The molecule has 0 saturated heterocycles. The predicted octanol–water partition coefficient (Wildman–Crippen LogP) is 4.09. The lowest BCUT2D eigenvalue weighted by molar-refractivity contribution is -0.146. The van der Waals surface area contributed by atoms with Crippen LogP contribution in [0.5, 0.6) is 11.5 Å². The number of aryl methyl sites for hydroxylation is 1. The van der Waals surface area contributed by atoms with E-state index >= 15 is 0 Å². The van der Waals surface area contributed by atoms with Crippen LogP contribution in [-0.2, 0) is 16.0 Å². The third kappa shape index (κ3) is 4.26. The van der Waals surface area contributed by atoms with Crippen LogP contribution in [0.3, 0.4) is 0 Å². The second kappa shape index (κ2) is 8.75. The molecule has 30 heavy (non-hydrogen) atoms. The van der Waals surface area contributed by atoms with E-state index in [1.54, 1.807) is 31.2 Å². The first-order valence-electron chi connectivity index (χ1n) is 9.73. The monoisotopic (exact) mass is 428 g/mol. The molecule has 156 valence electrons. The van der Waals surface area contributed by atoms with Gasteiger partial charge >= 0.3 is 12.0 Å². The summed E-state index contributed by atoms with van der Waals surface area (Å²) >= 11 is 5.99. The highest BCUT2D eigenvalue weighted by Gasteiger charge is 2.39. The maximum absolute atomic E-state index is 12.8. The van der Waals surface area contributed by atoms with Crippen LogP contribution in [0.15, 0.2) is 47.5 Å². The normalized spacial score (nSPS) is 19.8. The van der Waals surface area contributed by atoms with E-state index in [9.17, 15) is 9.59 Å². The van der Waals surface area contributed by atoms with Crippen molar-refractivity contribution in [2.45, 2.75) is 25.8 Å². The van der Waals surface area contributed by atoms with Gasteiger partial charge in [0.25, 0.3) is 0 Å². The molecule has 4 rings (SSSR count). The van der Waals surface area contributed by atoms with Crippen LogP contribution in [0, 0.1) is 5.92 Å². The highest BCUT2D eigenvalue weighted by atomic mass is 35.5. The van der Waals surface area contributed by atoms with Crippen LogP contribution in [0.1, 0.15) is 30.5 Å². The Morgan fingerprint density at radius 2 is 1.93 bits per heavy atom. The molecule has 2 heterocycles. The third-order valence-electron chi connectivity index (χ3n) is 5.09. The fourth-order valence-electron chi connectivity index (χ4n) is 3.67. The van der Waals surface area contributed by atoms with Gasteiger partial charge < -0.3 is 19.5 Å². The zero-order chi connectivity index (χ0) is 21.1. The van der Waals surface area contributed by atoms with Gasteiger partial charge in [-0.1, -0.05) is 29.8 Å². The highest BCUT2D eigenvalue weighted by molar-refractivity contribution is 6.30. The van der Waals surface area contributed by atoms with E-state index in [4.69, 9.17) is 25.8 Å². The van der Waals surface area contributed by atoms with Gasteiger partial charge in [-0.05, 0) is 55.2 Å². The molecule has 2 amide bonds. The third-order valence-corrected chi connectivity index (χ3v) is 5.34. The molecule has 2 aromatic carbocycles. The largest absolute Gasteiger partial charge is 0.465 e. The summed E-state index contributed by atoms with van der Waals surface area (Å²) in [4.78, 5) is 29.2. The van der Waals surface area contributed by atoms with E-state index in [1.165, 1.54) is 0 Å². The minimum Gasteiger partial charge on any atom is -0.465 e. The summed E-state index contributed by atoms with van der Waals surface area (Å²) in [5.74, 6) is 0.275. The SMILES string of the molecule is CCOC(=O)C1C(CCc2ccc3c(c2)OCO3)=NC(=O)NC1c1ccc(Cl)cc1. The quantitative estimate of drug-likeness (QED) is 0.700. The molecular weight excluding hydrogens is 408 g/mol. The van der Waals surface area contributed by atoms with Crippen molar-refractivity contribution < 1.29 is 23.8 Å². The minimum absolute atomic E-state index is 0.208. The number of hydrogen-bond acceptors (Lipinski definition) is 5. The Hall–Kier alpha value is -3.06. The van der Waals surface area contributed by atoms with Crippen molar-refractivity contribution in [2.75, 3.05) is 13.4 Å². The van der Waals surface area contributed by atoms with E-state index in [1.807, 2.05) is 18.2 Å². The summed E-state index contributed by atoms with van der Waals surface area (Å²) in [7, 11) is 0. The molecule has 8 heteroatoms. The number of aliphatic imine (C=N–C) groups is 1. The summed E-state index contributed by atoms with van der Waals surface area (Å²) in [6.45, 7) is 2.20. The number of nitrogens with zero attached hydrogens (tertiary/aromatic N) is 1. The number of nitrogens with one attached hydrogen (secondary N) is 1. The molecule has 7 nitrogen and oxygen atoms in total. The fraction of sp³-hybridized carbons (Fsp3) is 0.318. The van der Waals surface area contributed by atoms with Gasteiger partial charge in [0.05, 0.1) is 12.6 Å². The number of fused-ring (bicyclic) bond motifs is 1. The average molecular weight is 429 g/mol. The van der Waals surface area contributed by atoms with Gasteiger partial charge in [0.2, 0.25) is 6.79 Å². The van der Waals surface area contributed by atoms with Gasteiger partial charge in [-0.2, -0.15) is 0 Å². The molecule has 2 atom stereocenters. The van der Waals surface area contributed by atoms with Crippen LogP contribution < -0.4 is 14.8 Å². The molecule has 0 fully saturated rings. The van der Waals surface area contributed by atoms with Crippen molar-refractivity contribution in [2.24, 2.45) is 10.9 Å². The number of rotatable bonds is 6. The number of amides is 2. The number of esters is 1. The lowest BCUT2D eigenvalue weighted by atomic mass is 9.85. The van der Waals surface area contributed by atoms with E-state index in [0.29, 0.717) is 35.1 Å². The van der Waals surface area contributed by atoms with Gasteiger partial charge in [0, 0.05) is 10.7 Å². The van der Waals surface area contributed by atoms with E-state index < -0.39 is 24.0 Å². The molecule has 2 aliphatic heterocycles. The van der Waals surface area contributed by atoms with Gasteiger partial charge in [0.15, 0.2) is 11.5 Å². The molecule has 0 aliphatic carbocycles. The summed E-state index contributed by atoms with van der Waals surface area (Å²) in [5, 5.41) is 3.37. The second-order valence-electron chi connectivity index (χ2n) is 7.00. The lowest BCUT2D eigenvalue weighted by Crippen LogP contribution is -2.45. The van der Waals surface area contributed by atoms with E-state index in [0.717, 1.165) is 11.1 Å².